The molecule has 0 saturated carbocycles. The van der Waals surface area contributed by atoms with Gasteiger partial charge in [-0.1, -0.05) is 0 Å². The SMILES string of the molecule is O=C1C=Cc2nnccc2C1. The first-order valence-electron chi connectivity index (χ1n) is 3.38. The minimum atomic E-state index is 0.130. The third-order valence-corrected chi connectivity index (χ3v) is 1.63. The Morgan fingerprint density at radius 1 is 1.36 bits per heavy atom. The molecule has 0 spiro atoms. The standard InChI is InChI=1S/C8H6N2O/c11-7-1-2-8-6(5-7)3-4-9-10-8/h1-4H,5H2. The van der Waals surface area contributed by atoms with E-state index in [1.165, 1.54) is 6.08 Å². The van der Waals surface area contributed by atoms with E-state index >= 15 is 0 Å². The third kappa shape index (κ3) is 1.05. The highest BCUT2D eigenvalue weighted by atomic mass is 16.1. The van der Waals surface area contributed by atoms with Gasteiger partial charge < -0.3 is 0 Å². The van der Waals surface area contributed by atoms with E-state index in [1.807, 2.05) is 6.07 Å². The smallest absolute Gasteiger partial charge is 0.160 e. The molecule has 0 saturated heterocycles. The Balaban J connectivity index is 2.54. The van der Waals surface area contributed by atoms with Gasteiger partial charge in [-0.2, -0.15) is 10.2 Å². The van der Waals surface area contributed by atoms with Crippen molar-refractivity contribution >= 4 is 11.9 Å². The van der Waals surface area contributed by atoms with Crippen molar-refractivity contribution in [2.75, 3.05) is 0 Å². The summed E-state index contributed by atoms with van der Waals surface area (Å²) in [7, 11) is 0. The van der Waals surface area contributed by atoms with Gasteiger partial charge in [0.1, 0.15) is 0 Å². The Labute approximate surface area is 63.8 Å². The van der Waals surface area contributed by atoms with Gasteiger partial charge in [0.25, 0.3) is 0 Å². The lowest BCUT2D eigenvalue weighted by Crippen LogP contribution is -2.06. The molecule has 0 N–H and O–H groups in total. The van der Waals surface area contributed by atoms with Crippen molar-refractivity contribution < 1.29 is 4.79 Å². The molecular weight excluding hydrogens is 140 g/mol. The van der Waals surface area contributed by atoms with E-state index in [2.05, 4.69) is 10.2 Å². The van der Waals surface area contributed by atoms with E-state index in [0.29, 0.717) is 6.42 Å². The number of hydrogen-bond acceptors (Lipinski definition) is 3. The Kier molecular flexibility index (Phi) is 1.28. The number of hydrogen-bond donors (Lipinski definition) is 0. The highest BCUT2D eigenvalue weighted by Gasteiger charge is 2.09. The lowest BCUT2D eigenvalue weighted by molar-refractivity contribution is -0.114. The van der Waals surface area contributed by atoms with Gasteiger partial charge in [-0.05, 0) is 23.8 Å². The van der Waals surface area contributed by atoms with Crippen LogP contribution in [0.2, 0.25) is 0 Å². The molecule has 0 aliphatic heterocycles. The summed E-state index contributed by atoms with van der Waals surface area (Å²) in [6.45, 7) is 0. The molecule has 1 aliphatic rings. The van der Waals surface area contributed by atoms with Gasteiger partial charge in [-0.25, -0.2) is 0 Å². The zero-order valence-electron chi connectivity index (χ0n) is 5.82. The van der Waals surface area contributed by atoms with Gasteiger partial charge in [0, 0.05) is 12.6 Å². The minimum Gasteiger partial charge on any atom is -0.294 e. The highest BCUT2D eigenvalue weighted by molar-refractivity contribution is 5.97. The van der Waals surface area contributed by atoms with Crippen LogP contribution in [-0.4, -0.2) is 16.0 Å². The van der Waals surface area contributed by atoms with Crippen molar-refractivity contribution in [3.05, 3.63) is 29.6 Å². The van der Waals surface area contributed by atoms with Gasteiger partial charge in [-0.3, -0.25) is 4.79 Å². The van der Waals surface area contributed by atoms with Crippen LogP contribution < -0.4 is 0 Å². The van der Waals surface area contributed by atoms with E-state index in [0.717, 1.165) is 11.3 Å². The number of nitrogens with zero attached hydrogens (tertiary/aromatic N) is 2. The zero-order valence-corrected chi connectivity index (χ0v) is 5.82. The van der Waals surface area contributed by atoms with Crippen LogP contribution in [0.4, 0.5) is 0 Å². The van der Waals surface area contributed by atoms with Gasteiger partial charge in [-0.15, -0.1) is 0 Å². The molecule has 0 atom stereocenters. The van der Waals surface area contributed by atoms with Crippen molar-refractivity contribution in [2.45, 2.75) is 6.42 Å². The third-order valence-electron chi connectivity index (χ3n) is 1.63. The molecule has 0 amide bonds. The lowest BCUT2D eigenvalue weighted by atomic mass is 10.0. The average Bonchev–Trinajstić information content (AvgIpc) is 2.04. The highest BCUT2D eigenvalue weighted by Crippen LogP contribution is 2.12. The van der Waals surface area contributed by atoms with Crippen molar-refractivity contribution in [3.63, 3.8) is 0 Å². The van der Waals surface area contributed by atoms with E-state index in [-0.39, 0.29) is 5.78 Å². The van der Waals surface area contributed by atoms with Crippen LogP contribution in [0.5, 0.6) is 0 Å². The predicted octanol–water partition coefficient (Wildman–Crippen LogP) is 0.615. The topological polar surface area (TPSA) is 42.9 Å². The second-order valence-corrected chi connectivity index (χ2v) is 2.42. The van der Waals surface area contributed by atoms with Gasteiger partial charge in [0.15, 0.2) is 5.78 Å². The fraction of sp³-hybridized carbons (Fsp3) is 0.125. The van der Waals surface area contributed by atoms with E-state index in [4.69, 9.17) is 0 Å². The number of aromatic nitrogens is 2. The first kappa shape index (κ1) is 6.22. The maximum atomic E-state index is 10.9. The van der Waals surface area contributed by atoms with E-state index in [1.54, 1.807) is 12.3 Å². The molecule has 1 heterocycles. The quantitative estimate of drug-likeness (QED) is 0.538. The number of rotatable bonds is 0. The molecule has 0 aromatic carbocycles. The summed E-state index contributed by atoms with van der Waals surface area (Å²) in [5.41, 5.74) is 1.78. The van der Waals surface area contributed by atoms with Gasteiger partial charge in [0.2, 0.25) is 0 Å². The number of carbonyl (C=O) groups is 1. The summed E-state index contributed by atoms with van der Waals surface area (Å²) >= 11 is 0. The molecule has 0 bridgehead atoms. The Hall–Kier alpha value is -1.51. The van der Waals surface area contributed by atoms with Crippen LogP contribution in [0.15, 0.2) is 18.3 Å². The van der Waals surface area contributed by atoms with Crippen molar-refractivity contribution in [1.29, 1.82) is 0 Å². The largest absolute Gasteiger partial charge is 0.294 e. The Morgan fingerprint density at radius 2 is 2.27 bits per heavy atom. The lowest BCUT2D eigenvalue weighted by Gasteiger charge is -2.05. The predicted molar refractivity (Wildman–Crippen MR) is 39.8 cm³/mol. The van der Waals surface area contributed by atoms with Crippen molar-refractivity contribution in [1.82, 2.24) is 10.2 Å². The summed E-state index contributed by atoms with van der Waals surface area (Å²) in [4.78, 5) is 10.9. The first-order valence-corrected chi connectivity index (χ1v) is 3.38. The minimum absolute atomic E-state index is 0.130. The monoisotopic (exact) mass is 146 g/mol. The van der Waals surface area contributed by atoms with Crippen molar-refractivity contribution in [3.8, 4) is 0 Å². The van der Waals surface area contributed by atoms with Crippen LogP contribution in [-0.2, 0) is 11.2 Å². The molecule has 11 heavy (non-hydrogen) atoms. The normalized spacial score (nSPS) is 14.7. The zero-order chi connectivity index (χ0) is 7.68. The van der Waals surface area contributed by atoms with Crippen molar-refractivity contribution in [2.24, 2.45) is 0 Å². The number of allylic oxidation sites excluding steroid dienone is 1. The molecule has 3 heteroatoms. The summed E-state index contributed by atoms with van der Waals surface area (Å²) < 4.78 is 0. The molecule has 0 unspecified atom stereocenters. The molecule has 54 valence electrons. The van der Waals surface area contributed by atoms with E-state index in [9.17, 15) is 4.79 Å². The number of carbonyl (C=O) groups excluding carboxylic acids is 1. The fourth-order valence-electron chi connectivity index (χ4n) is 1.08. The molecule has 1 aromatic rings. The molecule has 0 radical (unpaired) electrons. The maximum Gasteiger partial charge on any atom is 0.160 e. The van der Waals surface area contributed by atoms with Crippen LogP contribution in [0.25, 0.3) is 6.08 Å². The average molecular weight is 146 g/mol. The molecule has 1 aromatic heterocycles. The Bertz CT molecular complexity index is 331. The molecule has 1 aliphatic carbocycles. The summed E-state index contributed by atoms with van der Waals surface area (Å²) in [6, 6.07) is 1.82. The van der Waals surface area contributed by atoms with E-state index < -0.39 is 0 Å². The molecule has 2 rings (SSSR count). The molecule has 0 fully saturated rings. The Morgan fingerprint density at radius 3 is 3.18 bits per heavy atom. The molecule has 3 nitrogen and oxygen atoms in total. The summed E-state index contributed by atoms with van der Waals surface area (Å²) in [5, 5.41) is 7.58. The maximum absolute atomic E-state index is 10.9. The summed E-state index contributed by atoms with van der Waals surface area (Å²) in [5.74, 6) is 0.130. The molecular formula is C8H6N2O. The van der Waals surface area contributed by atoms with Gasteiger partial charge >= 0.3 is 0 Å². The second kappa shape index (κ2) is 2.27. The van der Waals surface area contributed by atoms with Crippen LogP contribution in [0.3, 0.4) is 0 Å². The second-order valence-electron chi connectivity index (χ2n) is 2.42. The fourth-order valence-corrected chi connectivity index (χ4v) is 1.08. The van der Waals surface area contributed by atoms with Crippen LogP contribution in [0.1, 0.15) is 11.3 Å². The van der Waals surface area contributed by atoms with Crippen LogP contribution >= 0.6 is 0 Å². The number of ketones is 1. The summed E-state index contributed by atoms with van der Waals surface area (Å²) in [6.07, 6.45) is 5.30. The van der Waals surface area contributed by atoms with Crippen LogP contribution in [0, 0.1) is 0 Å². The first-order chi connectivity index (χ1) is 5.36. The van der Waals surface area contributed by atoms with Gasteiger partial charge in [0.05, 0.1) is 5.69 Å². The number of fused-ring (bicyclic) bond motifs is 1.